The number of anilines is 1. The molecule has 0 atom stereocenters. The molecule has 0 aliphatic heterocycles. The zero-order valence-corrected chi connectivity index (χ0v) is 12.4. The number of hydrogen-bond donors (Lipinski definition) is 3. The summed E-state index contributed by atoms with van der Waals surface area (Å²) in [7, 11) is -3.58. The first-order valence-electron chi connectivity index (χ1n) is 6.33. The fraction of sp³-hybridized carbons (Fsp3) is 0. The summed E-state index contributed by atoms with van der Waals surface area (Å²) in [6.45, 7) is 0. The summed E-state index contributed by atoms with van der Waals surface area (Å²) in [5, 5.41) is 5.90. The van der Waals surface area contributed by atoms with Crippen molar-refractivity contribution in [1.29, 1.82) is 0 Å². The highest BCUT2D eigenvalue weighted by molar-refractivity contribution is 7.89. The molecule has 0 aliphatic rings. The van der Waals surface area contributed by atoms with Crippen molar-refractivity contribution < 1.29 is 8.42 Å². The van der Waals surface area contributed by atoms with Gasteiger partial charge in [-0.3, -0.25) is 4.79 Å². The molecule has 0 fully saturated rings. The lowest BCUT2D eigenvalue weighted by Gasteiger charge is -1.96. The Labute approximate surface area is 127 Å². The normalized spacial score (nSPS) is 10.8. The molecule has 1 heterocycles. The van der Waals surface area contributed by atoms with Crippen LogP contribution in [0.15, 0.2) is 70.4 Å². The number of hydrogen-bond acceptors (Lipinski definition) is 4. The van der Waals surface area contributed by atoms with E-state index in [0.717, 1.165) is 10.9 Å². The van der Waals surface area contributed by atoms with Crippen molar-refractivity contribution in [3.05, 3.63) is 71.0 Å². The fourth-order valence-electron chi connectivity index (χ4n) is 1.75. The summed E-state index contributed by atoms with van der Waals surface area (Å²) in [6.07, 6.45) is 0. The Hall–Kier alpha value is -2.64. The highest BCUT2D eigenvalue weighted by Crippen LogP contribution is 2.09. The first-order chi connectivity index (χ1) is 10.4. The van der Waals surface area contributed by atoms with Gasteiger partial charge in [-0.15, -0.1) is 0 Å². The minimum atomic E-state index is -3.58. The number of nitrogen functional groups attached to an aromatic ring is 1. The van der Waals surface area contributed by atoms with E-state index in [9.17, 15) is 13.2 Å². The Balaban J connectivity index is 0.000000160. The number of sulfonamides is 1. The fourth-order valence-corrected chi connectivity index (χ4v) is 2.27. The van der Waals surface area contributed by atoms with Crippen molar-refractivity contribution in [3.63, 3.8) is 0 Å². The van der Waals surface area contributed by atoms with Gasteiger partial charge in [-0.2, -0.15) is 0 Å². The Bertz CT molecular complexity index is 932. The summed E-state index contributed by atoms with van der Waals surface area (Å²) < 4.78 is 21.4. The first-order valence-corrected chi connectivity index (χ1v) is 7.87. The van der Waals surface area contributed by atoms with Crippen LogP contribution in [0.2, 0.25) is 0 Å². The molecular formula is C15H15N3O3S. The average Bonchev–Trinajstić information content (AvgIpc) is 2.47. The average molecular weight is 317 g/mol. The SMILES string of the molecule is Nc1ccc(S(N)(=O)=O)cc1.O=c1ccc2ccccc2[nH]1. The maximum Gasteiger partial charge on any atom is 0.248 e. The Morgan fingerprint density at radius 2 is 1.50 bits per heavy atom. The summed E-state index contributed by atoms with van der Waals surface area (Å²) in [4.78, 5) is 13.6. The zero-order chi connectivity index (χ0) is 16.2. The van der Waals surface area contributed by atoms with Crippen molar-refractivity contribution in [1.82, 2.24) is 4.98 Å². The van der Waals surface area contributed by atoms with Gasteiger partial charge < -0.3 is 10.7 Å². The molecule has 6 nitrogen and oxygen atoms in total. The van der Waals surface area contributed by atoms with Gasteiger partial charge in [0.2, 0.25) is 15.6 Å². The number of benzene rings is 2. The van der Waals surface area contributed by atoms with Crippen LogP contribution < -0.4 is 16.4 Å². The molecule has 3 rings (SSSR count). The smallest absolute Gasteiger partial charge is 0.248 e. The predicted molar refractivity (Wildman–Crippen MR) is 86.8 cm³/mol. The van der Waals surface area contributed by atoms with E-state index in [1.807, 2.05) is 30.3 Å². The van der Waals surface area contributed by atoms with Gasteiger partial charge in [0.1, 0.15) is 0 Å². The number of H-pyrrole nitrogens is 1. The number of pyridine rings is 1. The van der Waals surface area contributed by atoms with E-state index < -0.39 is 10.0 Å². The van der Waals surface area contributed by atoms with Crippen LogP contribution in [-0.2, 0) is 10.0 Å². The van der Waals surface area contributed by atoms with E-state index in [4.69, 9.17) is 10.9 Å². The molecule has 0 amide bonds. The number of fused-ring (bicyclic) bond motifs is 1. The molecule has 0 radical (unpaired) electrons. The molecule has 5 N–H and O–H groups in total. The maximum absolute atomic E-state index is 10.8. The Kier molecular flexibility index (Phi) is 4.59. The second-order valence-corrected chi connectivity index (χ2v) is 6.09. The standard InChI is InChI=1S/C9H7NO.C6H8N2O2S/c11-9-6-5-7-3-1-2-4-8(7)10-9;7-5-1-3-6(4-2-5)11(8,9)10/h1-6H,(H,10,11);1-4H,7H2,(H2,8,9,10). The monoisotopic (exact) mass is 317 g/mol. The van der Waals surface area contributed by atoms with Crippen molar-refractivity contribution in [2.45, 2.75) is 4.90 Å². The van der Waals surface area contributed by atoms with Gasteiger partial charge in [-0.1, -0.05) is 18.2 Å². The molecule has 0 saturated heterocycles. The summed E-state index contributed by atoms with van der Waals surface area (Å²) in [5.74, 6) is 0. The van der Waals surface area contributed by atoms with Crippen LogP contribution in [-0.4, -0.2) is 13.4 Å². The molecule has 0 spiro atoms. The number of aromatic amines is 1. The molecule has 1 aromatic heterocycles. The van der Waals surface area contributed by atoms with Gasteiger partial charge in [0, 0.05) is 17.3 Å². The van der Waals surface area contributed by atoms with E-state index in [1.54, 1.807) is 0 Å². The Morgan fingerprint density at radius 3 is 2.14 bits per heavy atom. The largest absolute Gasteiger partial charge is 0.399 e. The van der Waals surface area contributed by atoms with Gasteiger partial charge in [0.15, 0.2) is 0 Å². The number of primary sulfonamides is 1. The van der Waals surface area contributed by atoms with Gasteiger partial charge in [0.05, 0.1) is 4.90 Å². The van der Waals surface area contributed by atoms with Gasteiger partial charge in [-0.25, -0.2) is 13.6 Å². The number of rotatable bonds is 1. The molecule has 114 valence electrons. The molecule has 2 aromatic carbocycles. The molecule has 0 bridgehead atoms. The van der Waals surface area contributed by atoms with E-state index in [-0.39, 0.29) is 10.5 Å². The molecule has 22 heavy (non-hydrogen) atoms. The second-order valence-electron chi connectivity index (χ2n) is 4.52. The van der Waals surface area contributed by atoms with Crippen LogP contribution in [0, 0.1) is 0 Å². The maximum atomic E-state index is 10.8. The van der Waals surface area contributed by atoms with Crippen LogP contribution in [0.1, 0.15) is 0 Å². The summed E-state index contributed by atoms with van der Waals surface area (Å²) in [6, 6.07) is 16.7. The van der Waals surface area contributed by atoms with E-state index in [0.29, 0.717) is 5.69 Å². The minimum absolute atomic E-state index is 0.0521. The van der Waals surface area contributed by atoms with E-state index in [2.05, 4.69) is 4.98 Å². The van der Waals surface area contributed by atoms with Crippen molar-refractivity contribution in [2.24, 2.45) is 5.14 Å². The lowest BCUT2D eigenvalue weighted by molar-refractivity contribution is 0.598. The lowest BCUT2D eigenvalue weighted by atomic mass is 10.2. The zero-order valence-electron chi connectivity index (χ0n) is 11.6. The number of nitrogens with two attached hydrogens (primary N) is 2. The minimum Gasteiger partial charge on any atom is -0.399 e. The van der Waals surface area contributed by atoms with Crippen molar-refractivity contribution in [3.8, 4) is 0 Å². The molecule has 7 heteroatoms. The van der Waals surface area contributed by atoms with Crippen LogP contribution in [0.25, 0.3) is 10.9 Å². The molecular weight excluding hydrogens is 302 g/mol. The van der Waals surface area contributed by atoms with E-state index in [1.165, 1.54) is 30.3 Å². The molecule has 0 unspecified atom stereocenters. The van der Waals surface area contributed by atoms with E-state index >= 15 is 0 Å². The van der Waals surface area contributed by atoms with Gasteiger partial charge in [0.25, 0.3) is 0 Å². The third kappa shape index (κ3) is 4.18. The van der Waals surface area contributed by atoms with Crippen LogP contribution in [0.3, 0.4) is 0 Å². The molecule has 3 aromatic rings. The quantitative estimate of drug-likeness (QED) is 0.588. The lowest BCUT2D eigenvalue weighted by Crippen LogP contribution is -2.11. The third-order valence-corrected chi connectivity index (χ3v) is 3.77. The van der Waals surface area contributed by atoms with Crippen LogP contribution in [0.5, 0.6) is 0 Å². The molecule has 0 saturated carbocycles. The highest BCUT2D eigenvalue weighted by Gasteiger charge is 2.04. The van der Waals surface area contributed by atoms with Gasteiger partial charge >= 0.3 is 0 Å². The Morgan fingerprint density at radius 1 is 0.864 bits per heavy atom. The highest BCUT2D eigenvalue weighted by atomic mass is 32.2. The number of para-hydroxylation sites is 1. The molecule has 0 aliphatic carbocycles. The first kappa shape index (κ1) is 15.7. The second kappa shape index (κ2) is 6.42. The van der Waals surface area contributed by atoms with Crippen molar-refractivity contribution >= 4 is 26.6 Å². The topological polar surface area (TPSA) is 119 Å². The predicted octanol–water partition coefficient (Wildman–Crippen LogP) is 1.44. The summed E-state index contributed by atoms with van der Waals surface area (Å²) in [5.41, 5.74) is 6.68. The number of aromatic nitrogens is 1. The third-order valence-electron chi connectivity index (χ3n) is 2.84. The van der Waals surface area contributed by atoms with Gasteiger partial charge in [-0.05, 0) is 41.8 Å². The number of nitrogens with one attached hydrogen (secondary N) is 1. The van der Waals surface area contributed by atoms with Crippen LogP contribution >= 0.6 is 0 Å². The summed E-state index contributed by atoms with van der Waals surface area (Å²) >= 11 is 0. The van der Waals surface area contributed by atoms with Crippen molar-refractivity contribution in [2.75, 3.05) is 5.73 Å². The van der Waals surface area contributed by atoms with Crippen LogP contribution in [0.4, 0.5) is 5.69 Å².